The third kappa shape index (κ3) is 3.35. The third-order valence-corrected chi connectivity index (χ3v) is 3.82. The van der Waals surface area contributed by atoms with E-state index >= 15 is 0 Å². The molecular formula is C16H16ClN3O4. The van der Waals surface area contributed by atoms with Gasteiger partial charge in [0.05, 0.1) is 17.4 Å². The Kier molecular flexibility index (Phi) is 4.71. The van der Waals surface area contributed by atoms with Crippen molar-refractivity contribution in [3.63, 3.8) is 0 Å². The van der Waals surface area contributed by atoms with Gasteiger partial charge in [-0.15, -0.1) is 0 Å². The van der Waals surface area contributed by atoms with Gasteiger partial charge in [-0.25, -0.2) is 4.98 Å². The van der Waals surface area contributed by atoms with E-state index in [1.165, 1.54) is 11.2 Å². The zero-order valence-electron chi connectivity index (χ0n) is 13.0. The van der Waals surface area contributed by atoms with Gasteiger partial charge in [-0.3, -0.25) is 9.59 Å². The maximum absolute atomic E-state index is 12.4. The Morgan fingerprint density at radius 2 is 2.25 bits per heavy atom. The van der Waals surface area contributed by atoms with E-state index in [0.717, 1.165) is 0 Å². The number of rotatable bonds is 4. The van der Waals surface area contributed by atoms with E-state index in [0.29, 0.717) is 41.5 Å². The van der Waals surface area contributed by atoms with Crippen molar-refractivity contribution in [2.75, 3.05) is 19.8 Å². The summed E-state index contributed by atoms with van der Waals surface area (Å²) in [7, 11) is 0. The number of amides is 1. The SMILES string of the molecule is CCN(Cc1nc2cc(Cl)ccc2c(=O)[nH]1)C(=O)C1=COCCO1. The monoisotopic (exact) mass is 349 g/mol. The minimum atomic E-state index is -0.314. The van der Waals surface area contributed by atoms with E-state index in [9.17, 15) is 9.59 Å². The lowest BCUT2D eigenvalue weighted by Crippen LogP contribution is -2.34. The molecule has 0 atom stereocenters. The topological polar surface area (TPSA) is 84.5 Å². The number of likely N-dealkylation sites (N-methyl/N-ethyl adjacent to an activating group) is 1. The molecule has 1 aliphatic heterocycles. The predicted octanol–water partition coefficient (Wildman–Crippen LogP) is 1.81. The van der Waals surface area contributed by atoms with Crippen molar-refractivity contribution < 1.29 is 14.3 Å². The van der Waals surface area contributed by atoms with Crippen LogP contribution in [0, 0.1) is 0 Å². The van der Waals surface area contributed by atoms with Crippen LogP contribution < -0.4 is 5.56 Å². The zero-order chi connectivity index (χ0) is 17.1. The van der Waals surface area contributed by atoms with Crippen LogP contribution in [0.3, 0.4) is 0 Å². The van der Waals surface area contributed by atoms with Crippen LogP contribution in [-0.4, -0.2) is 40.5 Å². The van der Waals surface area contributed by atoms with Crippen molar-refractivity contribution >= 4 is 28.4 Å². The first-order valence-corrected chi connectivity index (χ1v) is 7.88. The summed E-state index contributed by atoms with van der Waals surface area (Å²) in [5, 5.41) is 0.942. The van der Waals surface area contributed by atoms with Crippen molar-refractivity contribution in [2.24, 2.45) is 0 Å². The number of ether oxygens (including phenoxy) is 2. The fourth-order valence-corrected chi connectivity index (χ4v) is 2.55. The summed E-state index contributed by atoms with van der Waals surface area (Å²) < 4.78 is 10.4. The quantitative estimate of drug-likeness (QED) is 0.910. The molecule has 0 saturated carbocycles. The lowest BCUT2D eigenvalue weighted by molar-refractivity contribution is -0.132. The molecule has 0 spiro atoms. The Morgan fingerprint density at radius 3 is 2.96 bits per heavy atom. The summed E-state index contributed by atoms with van der Waals surface area (Å²) in [5.41, 5.74) is 0.216. The molecule has 1 aromatic heterocycles. The minimum absolute atomic E-state index is 0.147. The van der Waals surface area contributed by atoms with Crippen LogP contribution in [0.1, 0.15) is 12.7 Å². The van der Waals surface area contributed by atoms with E-state index in [2.05, 4.69) is 9.97 Å². The van der Waals surface area contributed by atoms with Gasteiger partial charge >= 0.3 is 0 Å². The Balaban J connectivity index is 1.88. The molecule has 1 amide bonds. The molecule has 3 rings (SSSR count). The molecule has 0 aliphatic carbocycles. The zero-order valence-corrected chi connectivity index (χ0v) is 13.8. The Labute approximate surface area is 142 Å². The minimum Gasteiger partial charge on any atom is -0.494 e. The molecule has 1 aliphatic rings. The highest BCUT2D eigenvalue weighted by Crippen LogP contribution is 2.16. The average molecular weight is 350 g/mol. The van der Waals surface area contributed by atoms with Crippen molar-refractivity contribution in [1.82, 2.24) is 14.9 Å². The van der Waals surface area contributed by atoms with Gasteiger partial charge in [0.15, 0.2) is 0 Å². The highest BCUT2D eigenvalue weighted by molar-refractivity contribution is 6.31. The van der Waals surface area contributed by atoms with Gasteiger partial charge < -0.3 is 19.4 Å². The number of nitrogens with zero attached hydrogens (tertiary/aromatic N) is 2. The molecular weight excluding hydrogens is 334 g/mol. The molecule has 0 unspecified atom stereocenters. The highest BCUT2D eigenvalue weighted by atomic mass is 35.5. The first kappa shape index (κ1) is 16.3. The number of carbonyl (C=O) groups is 1. The van der Waals surface area contributed by atoms with Gasteiger partial charge in [0, 0.05) is 11.6 Å². The smallest absolute Gasteiger partial charge is 0.292 e. The van der Waals surface area contributed by atoms with E-state index in [4.69, 9.17) is 21.1 Å². The fraction of sp³-hybridized carbons (Fsp3) is 0.312. The van der Waals surface area contributed by atoms with Crippen LogP contribution in [-0.2, 0) is 20.8 Å². The average Bonchev–Trinajstić information content (AvgIpc) is 2.59. The third-order valence-electron chi connectivity index (χ3n) is 3.59. The molecule has 7 nitrogen and oxygen atoms in total. The lowest BCUT2D eigenvalue weighted by Gasteiger charge is -2.23. The van der Waals surface area contributed by atoms with Crippen molar-refractivity contribution in [2.45, 2.75) is 13.5 Å². The van der Waals surface area contributed by atoms with Crippen molar-refractivity contribution in [3.05, 3.63) is 51.4 Å². The second-order valence-corrected chi connectivity index (χ2v) is 5.63. The Bertz CT molecular complexity index is 862. The van der Waals surface area contributed by atoms with E-state index < -0.39 is 0 Å². The number of carbonyl (C=O) groups excluding carboxylic acids is 1. The largest absolute Gasteiger partial charge is 0.494 e. The number of H-pyrrole nitrogens is 1. The molecule has 8 heteroatoms. The summed E-state index contributed by atoms with van der Waals surface area (Å²) in [6.07, 6.45) is 1.31. The summed E-state index contributed by atoms with van der Waals surface area (Å²) in [6, 6.07) is 4.87. The van der Waals surface area contributed by atoms with Crippen molar-refractivity contribution in [3.8, 4) is 0 Å². The predicted molar refractivity (Wildman–Crippen MR) is 88.5 cm³/mol. The molecule has 126 valence electrons. The first-order valence-electron chi connectivity index (χ1n) is 7.51. The molecule has 0 radical (unpaired) electrons. The highest BCUT2D eigenvalue weighted by Gasteiger charge is 2.22. The molecule has 2 aromatic rings. The van der Waals surface area contributed by atoms with E-state index in [1.807, 2.05) is 6.92 Å². The molecule has 0 saturated heterocycles. The normalized spacial score (nSPS) is 13.8. The molecule has 0 bridgehead atoms. The number of benzene rings is 1. The van der Waals surface area contributed by atoms with Crippen LogP contribution in [0.5, 0.6) is 0 Å². The number of nitrogens with one attached hydrogen (secondary N) is 1. The van der Waals surface area contributed by atoms with E-state index in [1.54, 1.807) is 18.2 Å². The van der Waals surface area contributed by atoms with Crippen LogP contribution in [0.2, 0.25) is 5.02 Å². The maximum atomic E-state index is 12.4. The Hall–Kier alpha value is -2.54. The summed E-state index contributed by atoms with van der Waals surface area (Å²) in [5.74, 6) is 0.211. The second kappa shape index (κ2) is 6.92. The first-order chi connectivity index (χ1) is 11.6. The van der Waals surface area contributed by atoms with Crippen LogP contribution in [0.15, 0.2) is 35.0 Å². The van der Waals surface area contributed by atoms with E-state index in [-0.39, 0.29) is 23.8 Å². The second-order valence-electron chi connectivity index (χ2n) is 5.19. The number of aromatic nitrogens is 2. The summed E-state index contributed by atoms with van der Waals surface area (Å²) in [6.45, 7) is 3.16. The number of halogens is 1. The number of fused-ring (bicyclic) bond motifs is 1. The number of aromatic amines is 1. The number of hydrogen-bond donors (Lipinski definition) is 1. The lowest BCUT2D eigenvalue weighted by atomic mass is 10.2. The van der Waals surface area contributed by atoms with Crippen LogP contribution in [0.25, 0.3) is 10.9 Å². The van der Waals surface area contributed by atoms with Gasteiger partial charge in [-0.2, -0.15) is 0 Å². The van der Waals surface area contributed by atoms with Gasteiger partial charge in [-0.1, -0.05) is 11.6 Å². The summed E-state index contributed by atoms with van der Waals surface area (Å²) in [4.78, 5) is 33.2. The molecule has 24 heavy (non-hydrogen) atoms. The van der Waals surface area contributed by atoms with Crippen LogP contribution >= 0.6 is 11.6 Å². The van der Waals surface area contributed by atoms with Gasteiger partial charge in [0.1, 0.15) is 25.3 Å². The van der Waals surface area contributed by atoms with Gasteiger partial charge in [0.25, 0.3) is 11.5 Å². The van der Waals surface area contributed by atoms with Crippen LogP contribution in [0.4, 0.5) is 0 Å². The van der Waals surface area contributed by atoms with Gasteiger partial charge in [-0.05, 0) is 25.1 Å². The maximum Gasteiger partial charge on any atom is 0.292 e. The molecule has 1 N–H and O–H groups in total. The fourth-order valence-electron chi connectivity index (χ4n) is 2.38. The standard InChI is InChI=1S/C16H16ClN3O4/c1-2-20(16(22)13-9-23-5-6-24-13)8-14-18-12-7-10(17)3-4-11(12)15(21)19-14/h3-4,7,9H,2,5-6,8H2,1H3,(H,18,19,21). The van der Waals surface area contributed by atoms with Gasteiger partial charge in [0.2, 0.25) is 5.76 Å². The van der Waals surface area contributed by atoms with Crippen molar-refractivity contribution in [1.29, 1.82) is 0 Å². The molecule has 2 heterocycles. The number of hydrogen-bond acceptors (Lipinski definition) is 5. The molecule has 0 fully saturated rings. The Morgan fingerprint density at radius 1 is 1.42 bits per heavy atom. The summed E-state index contributed by atoms with van der Waals surface area (Å²) >= 11 is 5.95. The molecule has 1 aromatic carbocycles.